The van der Waals surface area contributed by atoms with E-state index in [1.54, 1.807) is 10.9 Å². The van der Waals surface area contributed by atoms with E-state index in [1.165, 1.54) is 12.3 Å². The fourth-order valence-electron chi connectivity index (χ4n) is 2.53. The summed E-state index contributed by atoms with van der Waals surface area (Å²) in [6.45, 7) is 1.40. The predicted molar refractivity (Wildman–Crippen MR) is 80.1 cm³/mol. The van der Waals surface area contributed by atoms with Gasteiger partial charge >= 0.3 is 0 Å². The van der Waals surface area contributed by atoms with Crippen LogP contribution >= 0.6 is 0 Å². The number of carbonyl (C=O) groups excluding carboxylic acids is 1. The number of anilines is 1. The van der Waals surface area contributed by atoms with Crippen LogP contribution in [0.5, 0.6) is 0 Å². The molecule has 23 heavy (non-hydrogen) atoms. The average molecular weight is 321 g/mol. The van der Waals surface area contributed by atoms with Gasteiger partial charge < -0.3 is 10.1 Å². The van der Waals surface area contributed by atoms with Crippen molar-refractivity contribution in [2.24, 2.45) is 0 Å². The van der Waals surface area contributed by atoms with Crippen molar-refractivity contribution in [3.05, 3.63) is 47.8 Å². The van der Waals surface area contributed by atoms with Crippen molar-refractivity contribution in [3.8, 4) is 0 Å². The molecular weight excluding hydrogens is 304 g/mol. The molecule has 7 heteroatoms. The molecule has 122 valence electrons. The first-order chi connectivity index (χ1) is 11.1. The molecule has 1 aromatic carbocycles. The highest BCUT2D eigenvalue weighted by atomic mass is 19.2. The zero-order valence-electron chi connectivity index (χ0n) is 12.5. The zero-order chi connectivity index (χ0) is 16.2. The molecule has 1 aliphatic heterocycles. The van der Waals surface area contributed by atoms with E-state index in [4.69, 9.17) is 4.74 Å². The molecule has 5 nitrogen and oxygen atoms in total. The number of nitrogens with one attached hydrogen (secondary N) is 1. The fraction of sp³-hybridized carbons (Fsp3) is 0.375. The molecule has 1 saturated heterocycles. The van der Waals surface area contributed by atoms with E-state index >= 15 is 0 Å². The second-order valence-electron chi connectivity index (χ2n) is 5.52. The van der Waals surface area contributed by atoms with E-state index in [0.717, 1.165) is 38.0 Å². The lowest BCUT2D eigenvalue weighted by molar-refractivity contribution is 0.00401. The summed E-state index contributed by atoms with van der Waals surface area (Å²) in [6, 6.07) is 3.02. The van der Waals surface area contributed by atoms with Gasteiger partial charge in [0.1, 0.15) is 0 Å². The van der Waals surface area contributed by atoms with Crippen LogP contribution in [0.1, 0.15) is 29.6 Å². The fourth-order valence-corrected chi connectivity index (χ4v) is 2.53. The molecule has 1 amide bonds. The van der Waals surface area contributed by atoms with Crippen molar-refractivity contribution < 1.29 is 18.3 Å². The Labute approximate surface area is 132 Å². The molecule has 0 spiro atoms. The lowest BCUT2D eigenvalue weighted by Gasteiger charge is -2.22. The monoisotopic (exact) mass is 321 g/mol. The van der Waals surface area contributed by atoms with Gasteiger partial charge in [-0.25, -0.2) is 8.78 Å². The Bertz CT molecular complexity index is 696. The van der Waals surface area contributed by atoms with Crippen LogP contribution in [0.3, 0.4) is 0 Å². The smallest absolute Gasteiger partial charge is 0.255 e. The number of aromatic nitrogens is 2. The SMILES string of the molecule is O=C(Nc1cnn(CC2CCCCO2)c1)c1ccc(F)c(F)c1. The zero-order valence-corrected chi connectivity index (χ0v) is 12.5. The van der Waals surface area contributed by atoms with Gasteiger partial charge in [-0.3, -0.25) is 9.48 Å². The maximum Gasteiger partial charge on any atom is 0.255 e. The second-order valence-corrected chi connectivity index (χ2v) is 5.52. The molecule has 2 aromatic rings. The molecule has 2 heterocycles. The molecule has 1 N–H and O–H groups in total. The molecule has 0 bridgehead atoms. The van der Waals surface area contributed by atoms with Gasteiger partial charge in [-0.15, -0.1) is 0 Å². The van der Waals surface area contributed by atoms with Crippen LogP contribution < -0.4 is 5.32 Å². The third kappa shape index (κ3) is 3.92. The van der Waals surface area contributed by atoms with Crippen molar-refractivity contribution in [1.82, 2.24) is 9.78 Å². The van der Waals surface area contributed by atoms with Gasteiger partial charge in [0.2, 0.25) is 0 Å². The van der Waals surface area contributed by atoms with Crippen LogP contribution in [0.2, 0.25) is 0 Å². The van der Waals surface area contributed by atoms with E-state index in [0.29, 0.717) is 12.2 Å². The molecule has 1 fully saturated rings. The number of halogens is 2. The van der Waals surface area contributed by atoms with E-state index in [-0.39, 0.29) is 11.7 Å². The minimum absolute atomic E-state index is 0.0484. The molecule has 0 radical (unpaired) electrons. The lowest BCUT2D eigenvalue weighted by Crippen LogP contribution is -2.24. The van der Waals surface area contributed by atoms with Gasteiger partial charge in [-0.2, -0.15) is 5.10 Å². The summed E-state index contributed by atoms with van der Waals surface area (Å²) < 4.78 is 33.4. The van der Waals surface area contributed by atoms with Crippen molar-refractivity contribution in [2.45, 2.75) is 31.9 Å². The van der Waals surface area contributed by atoms with Gasteiger partial charge in [0.25, 0.3) is 5.91 Å². The van der Waals surface area contributed by atoms with Crippen LogP contribution in [0, 0.1) is 11.6 Å². The van der Waals surface area contributed by atoms with Crippen molar-refractivity contribution in [3.63, 3.8) is 0 Å². The van der Waals surface area contributed by atoms with Crippen LogP contribution in [0.15, 0.2) is 30.6 Å². The average Bonchev–Trinajstić information content (AvgIpc) is 2.98. The molecule has 1 unspecified atom stereocenters. The number of rotatable bonds is 4. The normalized spacial score (nSPS) is 17.9. The first-order valence-corrected chi connectivity index (χ1v) is 7.52. The largest absolute Gasteiger partial charge is 0.376 e. The topological polar surface area (TPSA) is 56.2 Å². The lowest BCUT2D eigenvalue weighted by atomic mass is 10.1. The number of ether oxygens (including phenoxy) is 1. The Morgan fingerprint density at radius 1 is 1.35 bits per heavy atom. The van der Waals surface area contributed by atoms with Crippen LogP contribution in [-0.4, -0.2) is 28.4 Å². The maximum atomic E-state index is 13.2. The molecule has 0 saturated carbocycles. The third-order valence-electron chi connectivity index (χ3n) is 3.74. The summed E-state index contributed by atoms with van der Waals surface area (Å²) in [6.07, 6.45) is 6.57. The quantitative estimate of drug-likeness (QED) is 0.942. The summed E-state index contributed by atoms with van der Waals surface area (Å²) in [4.78, 5) is 12.0. The Balaban J connectivity index is 1.61. The number of hydrogen-bond donors (Lipinski definition) is 1. The Morgan fingerprint density at radius 2 is 2.22 bits per heavy atom. The Hall–Kier alpha value is -2.28. The van der Waals surface area contributed by atoms with Gasteiger partial charge in [0.05, 0.1) is 24.5 Å². The van der Waals surface area contributed by atoms with Crippen molar-refractivity contribution in [1.29, 1.82) is 0 Å². The second kappa shape index (κ2) is 6.87. The van der Waals surface area contributed by atoms with Crippen LogP contribution in [0.25, 0.3) is 0 Å². The van der Waals surface area contributed by atoms with Crippen LogP contribution in [-0.2, 0) is 11.3 Å². The van der Waals surface area contributed by atoms with Gasteiger partial charge in [-0.05, 0) is 37.5 Å². The highest BCUT2D eigenvalue weighted by Crippen LogP contribution is 2.16. The van der Waals surface area contributed by atoms with Crippen molar-refractivity contribution >= 4 is 11.6 Å². The predicted octanol–water partition coefficient (Wildman–Crippen LogP) is 2.98. The molecule has 1 atom stereocenters. The maximum absolute atomic E-state index is 13.2. The molecule has 3 rings (SSSR count). The van der Waals surface area contributed by atoms with Gasteiger partial charge in [0, 0.05) is 18.4 Å². The summed E-state index contributed by atoms with van der Waals surface area (Å²) in [5.74, 6) is -2.55. The van der Waals surface area contributed by atoms with Crippen LogP contribution in [0.4, 0.5) is 14.5 Å². The third-order valence-corrected chi connectivity index (χ3v) is 3.74. The number of benzene rings is 1. The molecule has 1 aliphatic rings. The number of hydrogen-bond acceptors (Lipinski definition) is 3. The minimum Gasteiger partial charge on any atom is -0.376 e. The van der Waals surface area contributed by atoms with E-state index < -0.39 is 17.5 Å². The van der Waals surface area contributed by atoms with Gasteiger partial charge in [0.15, 0.2) is 11.6 Å². The van der Waals surface area contributed by atoms with Crippen molar-refractivity contribution in [2.75, 3.05) is 11.9 Å². The first-order valence-electron chi connectivity index (χ1n) is 7.52. The summed E-state index contributed by atoms with van der Waals surface area (Å²) in [7, 11) is 0. The molecule has 0 aliphatic carbocycles. The number of amides is 1. The van der Waals surface area contributed by atoms with E-state index in [1.807, 2.05) is 0 Å². The minimum atomic E-state index is -1.05. The first kappa shape index (κ1) is 15.6. The highest BCUT2D eigenvalue weighted by molar-refractivity contribution is 6.04. The van der Waals surface area contributed by atoms with E-state index in [9.17, 15) is 13.6 Å². The standard InChI is InChI=1S/C16H17F2N3O2/c17-14-5-4-11(7-15(14)18)16(22)20-12-8-19-21(9-12)10-13-3-1-2-6-23-13/h4-5,7-9,13H,1-3,6,10H2,(H,20,22). The summed E-state index contributed by atoms with van der Waals surface area (Å²) in [5.41, 5.74) is 0.544. The van der Waals surface area contributed by atoms with Gasteiger partial charge in [-0.1, -0.05) is 0 Å². The molecule has 1 aromatic heterocycles. The summed E-state index contributed by atoms with van der Waals surface area (Å²) in [5, 5.41) is 6.79. The molecular formula is C16H17F2N3O2. The van der Waals surface area contributed by atoms with E-state index in [2.05, 4.69) is 10.4 Å². The number of carbonyl (C=O) groups is 1. The Morgan fingerprint density at radius 3 is 2.96 bits per heavy atom. The summed E-state index contributed by atoms with van der Waals surface area (Å²) >= 11 is 0. The Kier molecular flexibility index (Phi) is 4.66. The number of nitrogens with zero attached hydrogens (tertiary/aromatic N) is 2. The highest BCUT2D eigenvalue weighted by Gasteiger charge is 2.15.